The molecule has 0 saturated heterocycles. The molecule has 0 aromatic carbocycles. The highest BCUT2D eigenvalue weighted by Gasteiger charge is 2.29. The van der Waals surface area contributed by atoms with Crippen LogP contribution in [0.25, 0.3) is 0 Å². The molecule has 1 heterocycles. The Labute approximate surface area is 122 Å². The van der Waals surface area contributed by atoms with Gasteiger partial charge in [0.15, 0.2) is 10.7 Å². The second-order valence-electron chi connectivity index (χ2n) is 3.73. The summed E-state index contributed by atoms with van der Waals surface area (Å²) in [7, 11) is -1.14. The second kappa shape index (κ2) is 6.37. The lowest BCUT2D eigenvalue weighted by molar-refractivity contribution is -0.0327. The number of aromatic nitrogens is 1. The minimum atomic E-state index is -4.31. The van der Waals surface area contributed by atoms with Crippen molar-refractivity contribution in [3.8, 4) is 0 Å². The van der Waals surface area contributed by atoms with E-state index in [1.54, 1.807) is 0 Å². The van der Waals surface area contributed by atoms with Crippen LogP contribution in [-0.2, 0) is 10.0 Å². The summed E-state index contributed by atoms with van der Waals surface area (Å²) in [5.41, 5.74) is 1.19. The Bertz CT molecular complexity index is 556. The number of hydrogen-bond acceptors (Lipinski definition) is 7. The minimum Gasteiger partial charge on any atom is -0.382 e. The van der Waals surface area contributed by atoms with Crippen molar-refractivity contribution >= 4 is 44.1 Å². The first-order valence-corrected chi connectivity index (χ1v) is 8.38. The van der Waals surface area contributed by atoms with Gasteiger partial charge in [0.25, 0.3) is 0 Å². The number of anilines is 2. The Hall–Kier alpha value is -0.720. The maximum Gasteiger partial charge on any atom is 0.441 e. The van der Waals surface area contributed by atoms with Crippen molar-refractivity contribution in [2.75, 3.05) is 37.4 Å². The number of nitrogens with one attached hydrogen (secondary N) is 1. The molecule has 0 saturated carbocycles. The number of nitrogens with two attached hydrogens (primary N) is 1. The second-order valence-corrected chi connectivity index (χ2v) is 7.76. The quantitative estimate of drug-likeness (QED) is 0.759. The highest BCUT2D eigenvalue weighted by atomic mass is 32.2. The lowest BCUT2D eigenvalue weighted by Gasteiger charge is -2.13. The van der Waals surface area contributed by atoms with Crippen LogP contribution in [0.2, 0.25) is 0 Å². The number of nitrogens with zero attached hydrogens (tertiary/aromatic N) is 2. The van der Waals surface area contributed by atoms with Gasteiger partial charge in [-0.15, -0.1) is 0 Å². The topological polar surface area (TPSA) is 88.3 Å². The number of alkyl halides is 3. The van der Waals surface area contributed by atoms with E-state index < -0.39 is 15.5 Å². The molecule has 0 aliphatic rings. The van der Waals surface area contributed by atoms with E-state index in [1.807, 2.05) is 0 Å². The monoisotopic (exact) mass is 350 g/mol. The molecule has 0 fully saturated rings. The van der Waals surface area contributed by atoms with E-state index in [4.69, 9.17) is 5.73 Å². The third-order valence-electron chi connectivity index (χ3n) is 2.07. The Morgan fingerprint density at radius 1 is 1.45 bits per heavy atom. The fourth-order valence-corrected chi connectivity index (χ4v) is 3.71. The van der Waals surface area contributed by atoms with Gasteiger partial charge in [-0.25, -0.2) is 12.7 Å². The van der Waals surface area contributed by atoms with Gasteiger partial charge in [-0.3, -0.25) is 0 Å². The summed E-state index contributed by atoms with van der Waals surface area (Å²) in [6, 6.07) is 0. The zero-order valence-electron chi connectivity index (χ0n) is 10.6. The third kappa shape index (κ3) is 4.40. The molecule has 3 N–H and O–H groups in total. The van der Waals surface area contributed by atoms with Crippen LogP contribution in [0.15, 0.2) is 4.90 Å². The predicted molar refractivity (Wildman–Crippen MR) is 74.4 cm³/mol. The van der Waals surface area contributed by atoms with Crippen molar-refractivity contribution in [2.24, 2.45) is 0 Å². The lowest BCUT2D eigenvalue weighted by atomic mass is 10.6. The lowest BCUT2D eigenvalue weighted by Crippen LogP contribution is -2.24. The summed E-state index contributed by atoms with van der Waals surface area (Å²) in [5.74, 6) is -0.419. The summed E-state index contributed by atoms with van der Waals surface area (Å²) in [6.07, 6.45) is 0. The number of hydrogen-bond donors (Lipinski definition) is 2. The van der Waals surface area contributed by atoms with Gasteiger partial charge in [0.2, 0.25) is 10.0 Å². The number of thioether (sulfide) groups is 1. The van der Waals surface area contributed by atoms with Crippen molar-refractivity contribution in [2.45, 2.75) is 10.4 Å². The Balaban J connectivity index is 2.79. The average Bonchev–Trinajstić information content (AvgIpc) is 2.65. The SMILES string of the molecule is CN(C)S(=O)(=O)c1c(N)nsc1NCCSC(F)(F)F. The molecule has 1 aromatic rings. The van der Waals surface area contributed by atoms with Crippen molar-refractivity contribution in [3.63, 3.8) is 0 Å². The molecule has 0 amide bonds. The molecule has 0 bridgehead atoms. The Kier molecular flexibility index (Phi) is 5.52. The van der Waals surface area contributed by atoms with Crippen molar-refractivity contribution in [1.82, 2.24) is 8.68 Å². The molecular formula is C8H13F3N4O2S3. The van der Waals surface area contributed by atoms with Gasteiger partial charge in [-0.1, -0.05) is 0 Å². The van der Waals surface area contributed by atoms with Gasteiger partial charge >= 0.3 is 5.51 Å². The summed E-state index contributed by atoms with van der Waals surface area (Å²) in [4.78, 5) is -0.204. The van der Waals surface area contributed by atoms with Gasteiger partial charge in [0.05, 0.1) is 0 Å². The fraction of sp³-hybridized carbons (Fsp3) is 0.625. The normalized spacial score (nSPS) is 12.9. The molecule has 0 aliphatic heterocycles. The van der Waals surface area contributed by atoms with Crippen LogP contribution < -0.4 is 11.1 Å². The summed E-state index contributed by atoms with van der Waals surface area (Å²) in [6.45, 7) is -0.0538. The van der Waals surface area contributed by atoms with E-state index in [-0.39, 0.29) is 39.8 Å². The van der Waals surface area contributed by atoms with Crippen LogP contribution in [0, 0.1) is 0 Å². The summed E-state index contributed by atoms with van der Waals surface area (Å²) in [5, 5.41) is 2.75. The molecular weight excluding hydrogens is 337 g/mol. The van der Waals surface area contributed by atoms with Crippen molar-refractivity contribution in [3.05, 3.63) is 0 Å². The zero-order valence-corrected chi connectivity index (χ0v) is 13.0. The first kappa shape index (κ1) is 17.3. The van der Waals surface area contributed by atoms with E-state index in [0.29, 0.717) is 0 Å². The van der Waals surface area contributed by atoms with Gasteiger partial charge < -0.3 is 11.1 Å². The summed E-state index contributed by atoms with van der Waals surface area (Å²) >= 11 is 0.606. The molecule has 0 atom stereocenters. The molecule has 12 heteroatoms. The van der Waals surface area contributed by atoms with Gasteiger partial charge in [-0.2, -0.15) is 17.5 Å². The van der Waals surface area contributed by atoms with E-state index >= 15 is 0 Å². The molecule has 20 heavy (non-hydrogen) atoms. The van der Waals surface area contributed by atoms with Crippen LogP contribution in [0.5, 0.6) is 0 Å². The van der Waals surface area contributed by atoms with Crippen LogP contribution in [-0.4, -0.2) is 49.0 Å². The molecule has 0 unspecified atom stereocenters. The predicted octanol–water partition coefficient (Wildman–Crippen LogP) is 1.64. The van der Waals surface area contributed by atoms with E-state index in [2.05, 4.69) is 9.69 Å². The molecule has 0 spiro atoms. The Morgan fingerprint density at radius 2 is 2.05 bits per heavy atom. The molecule has 1 rings (SSSR count). The van der Waals surface area contributed by atoms with E-state index in [0.717, 1.165) is 15.8 Å². The fourth-order valence-electron chi connectivity index (χ4n) is 1.17. The summed E-state index contributed by atoms with van der Waals surface area (Å²) < 4.78 is 64.6. The van der Waals surface area contributed by atoms with Crippen LogP contribution in [0.3, 0.4) is 0 Å². The maximum absolute atomic E-state index is 12.0. The molecule has 116 valence electrons. The Morgan fingerprint density at radius 3 is 2.55 bits per heavy atom. The molecule has 6 nitrogen and oxygen atoms in total. The van der Waals surface area contributed by atoms with Crippen LogP contribution in [0.4, 0.5) is 24.0 Å². The number of rotatable bonds is 6. The highest BCUT2D eigenvalue weighted by Crippen LogP contribution is 2.33. The van der Waals surface area contributed by atoms with Gasteiger partial charge in [0.1, 0.15) is 5.00 Å². The largest absolute Gasteiger partial charge is 0.441 e. The number of halogens is 3. The van der Waals surface area contributed by atoms with E-state index in [9.17, 15) is 21.6 Å². The first-order chi connectivity index (χ1) is 9.05. The molecule has 0 aliphatic carbocycles. The van der Waals surface area contributed by atoms with Gasteiger partial charge in [-0.05, 0) is 23.3 Å². The molecule has 0 radical (unpaired) electrons. The van der Waals surface area contributed by atoms with E-state index in [1.165, 1.54) is 14.1 Å². The first-order valence-electron chi connectivity index (χ1n) is 5.18. The molecule has 1 aromatic heterocycles. The standard InChI is InChI=1S/C8H13F3N4O2S3/c1-15(2)20(16,17)5-6(12)14-19-7(5)13-3-4-18-8(9,10)11/h13H,3-4H2,1-2H3,(H2,12,14). The highest BCUT2D eigenvalue weighted by molar-refractivity contribution is 8.00. The zero-order chi connectivity index (χ0) is 15.6. The van der Waals surface area contributed by atoms with Gasteiger partial charge in [0, 0.05) is 26.4 Å². The maximum atomic E-state index is 12.0. The average molecular weight is 350 g/mol. The third-order valence-corrected chi connectivity index (χ3v) is 5.64. The van der Waals surface area contributed by atoms with Crippen LogP contribution >= 0.6 is 23.3 Å². The number of nitrogen functional groups attached to an aromatic ring is 1. The van der Waals surface area contributed by atoms with Crippen LogP contribution in [0.1, 0.15) is 0 Å². The van der Waals surface area contributed by atoms with Crippen molar-refractivity contribution < 1.29 is 21.6 Å². The number of sulfonamides is 1. The smallest absolute Gasteiger partial charge is 0.382 e. The minimum absolute atomic E-state index is 0.0538. The van der Waals surface area contributed by atoms with Crippen molar-refractivity contribution in [1.29, 1.82) is 0 Å².